The molecule has 0 spiro atoms. The van der Waals surface area contributed by atoms with E-state index >= 15 is 0 Å². The zero-order chi connectivity index (χ0) is 9.07. The Bertz CT molecular complexity index is 147. The van der Waals surface area contributed by atoms with Crippen LogP contribution in [0.15, 0.2) is 0 Å². The number of hydrogen-bond acceptors (Lipinski definition) is 2. The Morgan fingerprint density at radius 1 is 1.67 bits per heavy atom. The van der Waals surface area contributed by atoms with E-state index in [0.717, 1.165) is 0 Å². The third-order valence-corrected chi connectivity index (χ3v) is 1.37. The van der Waals surface area contributed by atoms with E-state index in [2.05, 4.69) is 0 Å². The van der Waals surface area contributed by atoms with E-state index in [1.807, 2.05) is 0 Å². The van der Waals surface area contributed by atoms with Crippen LogP contribution in [0.5, 0.6) is 0 Å². The van der Waals surface area contributed by atoms with Crippen molar-refractivity contribution < 1.29 is 14.3 Å². The predicted molar refractivity (Wildman–Crippen MR) is 47.3 cm³/mol. The number of alkyl halides is 1. The molecule has 0 amide bonds. The van der Waals surface area contributed by atoms with Gasteiger partial charge in [0, 0.05) is 0 Å². The Labute approximate surface area is 77.5 Å². The summed E-state index contributed by atoms with van der Waals surface area (Å²) in [4.78, 5) is 10.2. The number of carboxylic acids is 1. The van der Waals surface area contributed by atoms with Gasteiger partial charge in [-0.05, 0) is 26.7 Å². The third kappa shape index (κ3) is 7.75. The van der Waals surface area contributed by atoms with Crippen LogP contribution in [-0.2, 0) is 4.79 Å². The largest absolute Gasteiger partial charge is 0.480 e. The highest BCUT2D eigenvalue weighted by atomic mass is 35.5. The van der Waals surface area contributed by atoms with Crippen LogP contribution in [0.2, 0.25) is 0 Å². The van der Waals surface area contributed by atoms with Gasteiger partial charge in [-0.25, -0.2) is 4.39 Å². The SMILES string of the molecule is CC(C)(F)CC[C@H](N)C(=O)O.Cl. The van der Waals surface area contributed by atoms with E-state index in [-0.39, 0.29) is 25.2 Å². The molecule has 0 aliphatic rings. The van der Waals surface area contributed by atoms with Gasteiger partial charge in [0.25, 0.3) is 0 Å². The second-order valence-corrected chi connectivity index (χ2v) is 3.20. The molecule has 0 aliphatic carbocycles. The molecular formula is C7H15ClFNO2. The quantitative estimate of drug-likeness (QED) is 0.719. The first kappa shape index (κ1) is 14.2. The number of hydrogen-bond donors (Lipinski definition) is 2. The van der Waals surface area contributed by atoms with Crippen molar-refractivity contribution >= 4 is 18.4 Å². The fraction of sp³-hybridized carbons (Fsp3) is 0.857. The van der Waals surface area contributed by atoms with Crippen molar-refractivity contribution in [3.05, 3.63) is 0 Å². The van der Waals surface area contributed by atoms with Gasteiger partial charge >= 0.3 is 5.97 Å². The van der Waals surface area contributed by atoms with Crippen LogP contribution < -0.4 is 5.73 Å². The van der Waals surface area contributed by atoms with Gasteiger partial charge in [0.05, 0.1) is 0 Å². The molecule has 0 heterocycles. The molecule has 0 saturated heterocycles. The van der Waals surface area contributed by atoms with Crippen molar-refractivity contribution in [1.29, 1.82) is 0 Å². The van der Waals surface area contributed by atoms with Crippen molar-refractivity contribution in [2.24, 2.45) is 5.73 Å². The lowest BCUT2D eigenvalue weighted by Gasteiger charge is -2.14. The zero-order valence-corrected chi connectivity index (χ0v) is 8.03. The lowest BCUT2D eigenvalue weighted by molar-refractivity contribution is -0.138. The van der Waals surface area contributed by atoms with E-state index in [9.17, 15) is 9.18 Å². The van der Waals surface area contributed by atoms with Crippen molar-refractivity contribution in [2.75, 3.05) is 0 Å². The van der Waals surface area contributed by atoms with Gasteiger partial charge in [-0.1, -0.05) is 0 Å². The number of nitrogens with two attached hydrogens (primary N) is 1. The van der Waals surface area contributed by atoms with E-state index in [1.54, 1.807) is 0 Å². The average Bonchev–Trinajstić information content (AvgIpc) is 1.80. The fourth-order valence-corrected chi connectivity index (χ4v) is 0.622. The van der Waals surface area contributed by atoms with Gasteiger partial charge in [0.2, 0.25) is 0 Å². The van der Waals surface area contributed by atoms with Crippen LogP contribution in [0.25, 0.3) is 0 Å². The van der Waals surface area contributed by atoms with Gasteiger partial charge in [0.1, 0.15) is 11.7 Å². The minimum atomic E-state index is -1.33. The van der Waals surface area contributed by atoms with E-state index in [4.69, 9.17) is 10.8 Å². The fourth-order valence-electron chi connectivity index (χ4n) is 0.622. The summed E-state index contributed by atoms with van der Waals surface area (Å²) in [6, 6.07) is -0.940. The summed E-state index contributed by atoms with van der Waals surface area (Å²) >= 11 is 0. The minimum Gasteiger partial charge on any atom is -0.480 e. The second kappa shape index (κ2) is 5.32. The Hall–Kier alpha value is -0.350. The molecule has 0 unspecified atom stereocenters. The number of carboxylic acid groups (broad SMARTS) is 1. The molecule has 3 N–H and O–H groups in total. The maximum atomic E-state index is 12.8. The lowest BCUT2D eigenvalue weighted by atomic mass is 10.0. The number of rotatable bonds is 4. The lowest BCUT2D eigenvalue weighted by Crippen LogP contribution is -2.31. The molecule has 74 valence electrons. The smallest absolute Gasteiger partial charge is 0.320 e. The second-order valence-electron chi connectivity index (χ2n) is 3.20. The monoisotopic (exact) mass is 199 g/mol. The summed E-state index contributed by atoms with van der Waals surface area (Å²) in [5, 5.41) is 8.33. The molecule has 0 bridgehead atoms. The molecule has 0 aromatic heterocycles. The summed E-state index contributed by atoms with van der Waals surface area (Å²) in [5.74, 6) is -1.07. The maximum absolute atomic E-state index is 12.8. The summed E-state index contributed by atoms with van der Waals surface area (Å²) < 4.78 is 12.8. The van der Waals surface area contributed by atoms with E-state index in [1.165, 1.54) is 13.8 Å². The summed E-state index contributed by atoms with van der Waals surface area (Å²) in [7, 11) is 0. The molecular weight excluding hydrogens is 185 g/mol. The predicted octanol–water partition coefficient (Wildman–Crippen LogP) is 1.35. The molecule has 0 aromatic carbocycles. The van der Waals surface area contributed by atoms with Crippen molar-refractivity contribution in [2.45, 2.75) is 38.4 Å². The van der Waals surface area contributed by atoms with Gasteiger partial charge in [-0.3, -0.25) is 4.79 Å². The van der Waals surface area contributed by atoms with Crippen LogP contribution in [0.1, 0.15) is 26.7 Å². The van der Waals surface area contributed by atoms with Gasteiger partial charge < -0.3 is 10.8 Å². The summed E-state index contributed by atoms with van der Waals surface area (Å²) in [6.07, 6.45) is 0.360. The van der Waals surface area contributed by atoms with Gasteiger partial charge in [-0.2, -0.15) is 0 Å². The normalized spacial score (nSPS) is 13.3. The van der Waals surface area contributed by atoms with Gasteiger partial charge in [-0.15, -0.1) is 12.4 Å². The number of carbonyl (C=O) groups is 1. The van der Waals surface area contributed by atoms with E-state index in [0.29, 0.717) is 0 Å². The Kier molecular flexibility index (Phi) is 6.29. The Balaban J connectivity index is 0. The number of aliphatic carboxylic acids is 1. The highest BCUT2D eigenvalue weighted by Crippen LogP contribution is 2.16. The van der Waals surface area contributed by atoms with Crippen LogP contribution >= 0.6 is 12.4 Å². The van der Waals surface area contributed by atoms with Crippen molar-refractivity contribution in [3.63, 3.8) is 0 Å². The Morgan fingerprint density at radius 2 is 2.08 bits per heavy atom. The molecule has 5 heteroatoms. The van der Waals surface area contributed by atoms with Crippen molar-refractivity contribution in [3.8, 4) is 0 Å². The highest BCUT2D eigenvalue weighted by Gasteiger charge is 2.19. The molecule has 0 aliphatic heterocycles. The molecule has 0 rings (SSSR count). The van der Waals surface area contributed by atoms with E-state index < -0.39 is 17.7 Å². The van der Waals surface area contributed by atoms with Gasteiger partial charge in [0.15, 0.2) is 0 Å². The number of halogens is 2. The topological polar surface area (TPSA) is 63.3 Å². The molecule has 3 nitrogen and oxygen atoms in total. The molecule has 1 atom stereocenters. The summed E-state index contributed by atoms with van der Waals surface area (Å²) in [5.41, 5.74) is 3.83. The maximum Gasteiger partial charge on any atom is 0.320 e. The molecule has 0 aromatic rings. The van der Waals surface area contributed by atoms with Crippen LogP contribution in [-0.4, -0.2) is 22.8 Å². The zero-order valence-electron chi connectivity index (χ0n) is 7.21. The third-order valence-electron chi connectivity index (χ3n) is 1.37. The molecule has 0 radical (unpaired) electrons. The first-order chi connectivity index (χ1) is 4.83. The van der Waals surface area contributed by atoms with Crippen LogP contribution in [0, 0.1) is 0 Å². The average molecular weight is 200 g/mol. The highest BCUT2D eigenvalue weighted by molar-refractivity contribution is 5.85. The summed E-state index contributed by atoms with van der Waals surface area (Å²) in [6.45, 7) is 2.81. The first-order valence-electron chi connectivity index (χ1n) is 3.50. The molecule has 0 fully saturated rings. The van der Waals surface area contributed by atoms with Crippen LogP contribution in [0.3, 0.4) is 0 Å². The molecule has 12 heavy (non-hydrogen) atoms. The minimum absolute atomic E-state index is 0. The first-order valence-corrected chi connectivity index (χ1v) is 3.50. The van der Waals surface area contributed by atoms with Crippen LogP contribution in [0.4, 0.5) is 4.39 Å². The van der Waals surface area contributed by atoms with Crippen molar-refractivity contribution in [1.82, 2.24) is 0 Å². The molecule has 0 saturated carbocycles. The Morgan fingerprint density at radius 3 is 2.33 bits per heavy atom. The standard InChI is InChI=1S/C7H14FNO2.ClH/c1-7(2,8)4-3-5(9)6(10)11;/h5H,3-4,9H2,1-2H3,(H,10,11);1H/t5-;/m0./s1.